The monoisotopic (exact) mass is 629 g/mol. The molecule has 12 heteroatoms. The zero-order chi connectivity index (χ0) is 28.7. The van der Waals surface area contributed by atoms with Crippen molar-refractivity contribution < 1.29 is 18.0 Å². The fraction of sp³-hybridized carbons (Fsp3) is 0.259. The van der Waals surface area contributed by atoms with Crippen LogP contribution in [0.4, 0.5) is 5.69 Å². The molecule has 3 aromatic rings. The van der Waals surface area contributed by atoms with E-state index in [4.69, 9.17) is 46.4 Å². The summed E-state index contributed by atoms with van der Waals surface area (Å²) >= 11 is 24.9. The van der Waals surface area contributed by atoms with Gasteiger partial charge < -0.3 is 10.2 Å². The minimum absolute atomic E-state index is 0.0730. The van der Waals surface area contributed by atoms with Gasteiger partial charge in [-0.1, -0.05) is 65.5 Å². The number of anilines is 1. The first-order valence-electron chi connectivity index (χ1n) is 12.0. The number of amides is 2. The summed E-state index contributed by atoms with van der Waals surface area (Å²) in [4.78, 5) is 28.2. The van der Waals surface area contributed by atoms with Gasteiger partial charge in [0, 0.05) is 38.7 Å². The lowest BCUT2D eigenvalue weighted by Crippen LogP contribution is -2.52. The Bertz CT molecular complexity index is 1410. The van der Waals surface area contributed by atoms with Gasteiger partial charge in [0.15, 0.2) is 0 Å². The number of sulfonamides is 1. The molecule has 0 fully saturated rings. The predicted octanol–water partition coefficient (Wildman–Crippen LogP) is 6.44. The van der Waals surface area contributed by atoms with Crippen LogP contribution in [0.3, 0.4) is 0 Å². The zero-order valence-electron chi connectivity index (χ0n) is 21.2. The molecule has 2 amide bonds. The molecule has 3 rings (SSSR count). The van der Waals surface area contributed by atoms with Gasteiger partial charge in [0.1, 0.15) is 12.6 Å². The molecule has 0 saturated carbocycles. The van der Waals surface area contributed by atoms with Crippen LogP contribution in [0.1, 0.15) is 25.8 Å². The number of hydrogen-bond acceptors (Lipinski definition) is 4. The number of rotatable bonds is 11. The van der Waals surface area contributed by atoms with Crippen LogP contribution in [0, 0.1) is 0 Å². The minimum Gasteiger partial charge on any atom is -0.355 e. The van der Waals surface area contributed by atoms with Crippen molar-refractivity contribution in [2.75, 3.05) is 17.4 Å². The van der Waals surface area contributed by atoms with Crippen molar-refractivity contribution in [3.8, 4) is 0 Å². The van der Waals surface area contributed by atoms with Gasteiger partial charge in [0.05, 0.1) is 10.6 Å². The quantitative estimate of drug-likeness (QED) is 0.264. The highest BCUT2D eigenvalue weighted by Crippen LogP contribution is 2.30. The van der Waals surface area contributed by atoms with Gasteiger partial charge in [-0.3, -0.25) is 13.9 Å². The van der Waals surface area contributed by atoms with Gasteiger partial charge in [-0.25, -0.2) is 8.42 Å². The summed E-state index contributed by atoms with van der Waals surface area (Å²) in [7, 11) is -4.25. The first-order chi connectivity index (χ1) is 18.5. The molecule has 0 radical (unpaired) electrons. The summed E-state index contributed by atoms with van der Waals surface area (Å²) in [5.41, 5.74) is 0.611. The first kappa shape index (κ1) is 31.0. The fourth-order valence-corrected chi connectivity index (χ4v) is 6.19. The zero-order valence-corrected chi connectivity index (χ0v) is 25.0. The molecule has 208 valence electrons. The second kappa shape index (κ2) is 13.7. The van der Waals surface area contributed by atoms with Gasteiger partial charge in [-0.2, -0.15) is 0 Å². The number of nitrogens with one attached hydrogen (secondary N) is 1. The summed E-state index contributed by atoms with van der Waals surface area (Å²) in [6, 6.07) is 15.7. The molecule has 7 nitrogen and oxygen atoms in total. The Kier molecular flexibility index (Phi) is 10.9. The molecule has 0 aliphatic carbocycles. The van der Waals surface area contributed by atoms with Crippen molar-refractivity contribution in [1.82, 2.24) is 10.2 Å². The van der Waals surface area contributed by atoms with E-state index >= 15 is 0 Å². The van der Waals surface area contributed by atoms with E-state index in [1.807, 2.05) is 0 Å². The summed E-state index contributed by atoms with van der Waals surface area (Å²) in [6.07, 6.45) is 0.265. The highest BCUT2D eigenvalue weighted by Gasteiger charge is 2.34. The van der Waals surface area contributed by atoms with E-state index in [1.54, 1.807) is 44.2 Å². The summed E-state index contributed by atoms with van der Waals surface area (Å²) < 4.78 is 28.6. The third-order valence-electron chi connectivity index (χ3n) is 5.90. The van der Waals surface area contributed by atoms with Crippen molar-refractivity contribution in [3.05, 3.63) is 92.4 Å². The SMILES string of the molecule is CCNC(=O)[C@@H](CC)N(Cc1c(Cl)cccc1Cl)C(=O)CN(c1cccc(Cl)c1)S(=O)(=O)c1ccc(Cl)cc1. The van der Waals surface area contributed by atoms with Gasteiger partial charge in [0.25, 0.3) is 10.0 Å². The van der Waals surface area contributed by atoms with E-state index in [0.717, 1.165) is 4.31 Å². The number of likely N-dealkylation sites (N-methyl/N-ethyl adjacent to an activating group) is 1. The van der Waals surface area contributed by atoms with Crippen LogP contribution in [0.2, 0.25) is 20.1 Å². The van der Waals surface area contributed by atoms with Crippen LogP contribution in [-0.4, -0.2) is 44.3 Å². The van der Waals surface area contributed by atoms with Gasteiger partial charge >= 0.3 is 0 Å². The number of hydrogen-bond donors (Lipinski definition) is 1. The maximum absolute atomic E-state index is 14.0. The maximum atomic E-state index is 14.0. The van der Waals surface area contributed by atoms with E-state index < -0.39 is 28.5 Å². The van der Waals surface area contributed by atoms with E-state index in [2.05, 4.69) is 5.32 Å². The highest BCUT2D eigenvalue weighted by atomic mass is 35.5. The Morgan fingerprint density at radius 1 is 0.872 bits per heavy atom. The average Bonchev–Trinajstić information content (AvgIpc) is 2.89. The molecular formula is C27H27Cl4N3O4S. The Morgan fingerprint density at radius 3 is 2.05 bits per heavy atom. The van der Waals surface area contributed by atoms with E-state index in [9.17, 15) is 18.0 Å². The Hall–Kier alpha value is -2.49. The largest absolute Gasteiger partial charge is 0.355 e. The number of halogens is 4. The molecule has 3 aromatic carbocycles. The lowest BCUT2D eigenvalue weighted by Gasteiger charge is -2.33. The summed E-state index contributed by atoms with van der Waals surface area (Å²) in [6.45, 7) is 3.14. The first-order valence-corrected chi connectivity index (χ1v) is 15.0. The lowest BCUT2D eigenvalue weighted by atomic mass is 10.1. The van der Waals surface area contributed by atoms with Crippen molar-refractivity contribution in [2.45, 2.75) is 37.8 Å². The molecule has 0 aliphatic heterocycles. The Morgan fingerprint density at radius 2 is 1.49 bits per heavy atom. The molecule has 0 saturated heterocycles. The third-order valence-corrected chi connectivity index (χ3v) is 8.89. The van der Waals surface area contributed by atoms with Crippen molar-refractivity contribution in [3.63, 3.8) is 0 Å². The summed E-state index contributed by atoms with van der Waals surface area (Å²) in [5, 5.41) is 4.00. The van der Waals surface area contributed by atoms with E-state index in [1.165, 1.54) is 41.3 Å². The van der Waals surface area contributed by atoms with Crippen LogP contribution < -0.4 is 9.62 Å². The molecule has 39 heavy (non-hydrogen) atoms. The van der Waals surface area contributed by atoms with Crippen LogP contribution in [-0.2, 0) is 26.2 Å². The Labute approximate surface area is 248 Å². The van der Waals surface area contributed by atoms with Crippen LogP contribution in [0.25, 0.3) is 0 Å². The predicted molar refractivity (Wildman–Crippen MR) is 157 cm³/mol. The Balaban J connectivity index is 2.10. The van der Waals surface area contributed by atoms with Crippen molar-refractivity contribution in [1.29, 1.82) is 0 Å². The third kappa shape index (κ3) is 7.58. The van der Waals surface area contributed by atoms with Gasteiger partial charge in [-0.05, 0) is 67.9 Å². The minimum atomic E-state index is -4.25. The smallest absolute Gasteiger partial charge is 0.264 e. The molecule has 0 heterocycles. The molecule has 1 N–H and O–H groups in total. The van der Waals surface area contributed by atoms with E-state index in [-0.39, 0.29) is 34.5 Å². The topological polar surface area (TPSA) is 86.8 Å². The standard InChI is InChI=1S/C27H27Cl4N3O4S/c1-3-25(27(36)32-4-2)33(16-22-23(30)9-6-10-24(22)31)26(35)17-34(20-8-5-7-19(29)15-20)39(37,38)21-13-11-18(28)12-14-21/h5-15,25H,3-4,16-17H2,1-2H3,(H,32,36)/t25-/m1/s1. The molecule has 1 atom stereocenters. The van der Waals surface area contributed by atoms with Gasteiger partial charge in [0.2, 0.25) is 11.8 Å². The maximum Gasteiger partial charge on any atom is 0.264 e. The van der Waals surface area contributed by atoms with Gasteiger partial charge in [-0.15, -0.1) is 0 Å². The number of benzene rings is 3. The van der Waals surface area contributed by atoms with Crippen LogP contribution >= 0.6 is 46.4 Å². The van der Waals surface area contributed by atoms with Crippen molar-refractivity contribution >= 4 is 73.9 Å². The molecular weight excluding hydrogens is 604 g/mol. The van der Waals surface area contributed by atoms with Crippen LogP contribution in [0.5, 0.6) is 0 Å². The number of nitrogens with zero attached hydrogens (tertiary/aromatic N) is 2. The molecule has 0 aliphatic rings. The lowest BCUT2D eigenvalue weighted by molar-refractivity contribution is -0.140. The normalized spacial score (nSPS) is 12.1. The highest BCUT2D eigenvalue weighted by molar-refractivity contribution is 7.92. The van der Waals surface area contributed by atoms with E-state index in [0.29, 0.717) is 27.2 Å². The number of carbonyl (C=O) groups excluding carboxylic acids is 2. The molecule has 0 aromatic heterocycles. The molecule has 0 bridgehead atoms. The fourth-order valence-electron chi connectivity index (χ4n) is 3.96. The molecule has 0 spiro atoms. The second-order valence-electron chi connectivity index (χ2n) is 8.49. The molecule has 0 unspecified atom stereocenters. The van der Waals surface area contributed by atoms with Crippen LogP contribution in [0.15, 0.2) is 71.6 Å². The van der Waals surface area contributed by atoms with Crippen molar-refractivity contribution in [2.24, 2.45) is 0 Å². The average molecular weight is 631 g/mol. The second-order valence-corrected chi connectivity index (χ2v) is 12.0. The summed E-state index contributed by atoms with van der Waals surface area (Å²) in [5.74, 6) is -1.02. The number of carbonyl (C=O) groups is 2.